The van der Waals surface area contributed by atoms with E-state index >= 15 is 0 Å². The van der Waals surface area contributed by atoms with Gasteiger partial charge in [0.1, 0.15) is 11.6 Å². The first-order valence-electron chi connectivity index (χ1n) is 7.85. The molecule has 3 rings (SSSR count). The lowest BCUT2D eigenvalue weighted by Crippen LogP contribution is -2.40. The number of hydrogen-bond donors (Lipinski definition) is 1. The Morgan fingerprint density at radius 3 is 2.47 bits per heavy atom. The summed E-state index contributed by atoms with van der Waals surface area (Å²) in [4.78, 5) is 0. The zero-order valence-corrected chi connectivity index (χ0v) is 12.1. The maximum absolute atomic E-state index is 5.99. The number of nitrogens with two attached hydrogens (primary N) is 1. The van der Waals surface area contributed by atoms with Crippen molar-refractivity contribution in [2.75, 3.05) is 6.54 Å². The van der Waals surface area contributed by atoms with E-state index in [-0.39, 0.29) is 0 Å². The average molecular weight is 262 g/mol. The molecule has 19 heavy (non-hydrogen) atoms. The van der Waals surface area contributed by atoms with Gasteiger partial charge in [-0.2, -0.15) is 0 Å². The highest BCUT2D eigenvalue weighted by molar-refractivity contribution is 5.04. The van der Waals surface area contributed by atoms with Gasteiger partial charge in [0.25, 0.3) is 0 Å². The standard InChI is InChI=1S/C15H26N4/c1-12-17-18-14(10-15(11-16)8-5-9-15)19(12)13-6-3-2-4-7-13/h13H,2-11,16H2,1H3. The van der Waals surface area contributed by atoms with Crippen molar-refractivity contribution in [1.29, 1.82) is 0 Å². The van der Waals surface area contributed by atoms with Crippen molar-refractivity contribution in [1.82, 2.24) is 14.8 Å². The maximum Gasteiger partial charge on any atom is 0.133 e. The fourth-order valence-corrected chi connectivity index (χ4v) is 3.81. The quantitative estimate of drug-likeness (QED) is 0.907. The van der Waals surface area contributed by atoms with E-state index in [2.05, 4.69) is 21.7 Å². The third-order valence-corrected chi connectivity index (χ3v) is 5.26. The van der Waals surface area contributed by atoms with E-state index in [1.54, 1.807) is 0 Å². The van der Waals surface area contributed by atoms with Crippen molar-refractivity contribution in [2.45, 2.75) is 70.8 Å². The minimum Gasteiger partial charge on any atom is -0.330 e. The molecule has 0 bridgehead atoms. The largest absolute Gasteiger partial charge is 0.330 e. The van der Waals surface area contributed by atoms with Gasteiger partial charge in [-0.05, 0) is 44.6 Å². The molecule has 0 aromatic carbocycles. The molecule has 1 heterocycles. The van der Waals surface area contributed by atoms with Crippen molar-refractivity contribution in [2.24, 2.45) is 11.1 Å². The molecule has 106 valence electrons. The van der Waals surface area contributed by atoms with Gasteiger partial charge in [0.15, 0.2) is 0 Å². The normalized spacial score (nSPS) is 23.3. The topological polar surface area (TPSA) is 56.7 Å². The van der Waals surface area contributed by atoms with Crippen LogP contribution in [0.4, 0.5) is 0 Å². The Morgan fingerprint density at radius 2 is 1.89 bits per heavy atom. The van der Waals surface area contributed by atoms with E-state index < -0.39 is 0 Å². The van der Waals surface area contributed by atoms with Gasteiger partial charge in [-0.1, -0.05) is 25.7 Å². The molecule has 0 radical (unpaired) electrons. The van der Waals surface area contributed by atoms with Crippen LogP contribution in [0.5, 0.6) is 0 Å². The summed E-state index contributed by atoms with van der Waals surface area (Å²) in [6, 6.07) is 0.633. The van der Waals surface area contributed by atoms with Crippen LogP contribution in [0.25, 0.3) is 0 Å². The second-order valence-corrected chi connectivity index (χ2v) is 6.56. The van der Waals surface area contributed by atoms with Crippen molar-refractivity contribution < 1.29 is 0 Å². The zero-order chi connectivity index (χ0) is 13.3. The molecule has 4 nitrogen and oxygen atoms in total. The zero-order valence-electron chi connectivity index (χ0n) is 12.1. The summed E-state index contributed by atoms with van der Waals surface area (Å²) in [6.07, 6.45) is 11.6. The molecule has 1 aromatic heterocycles. The van der Waals surface area contributed by atoms with Gasteiger partial charge in [-0.3, -0.25) is 0 Å². The monoisotopic (exact) mass is 262 g/mol. The molecule has 0 aliphatic heterocycles. The second kappa shape index (κ2) is 5.23. The summed E-state index contributed by atoms with van der Waals surface area (Å²) >= 11 is 0. The Bertz CT molecular complexity index is 422. The van der Waals surface area contributed by atoms with Crippen LogP contribution in [0.3, 0.4) is 0 Å². The van der Waals surface area contributed by atoms with E-state index in [9.17, 15) is 0 Å². The summed E-state index contributed by atoms with van der Waals surface area (Å²) in [6.45, 7) is 2.89. The molecule has 2 N–H and O–H groups in total. The molecule has 0 atom stereocenters. The summed E-state index contributed by atoms with van der Waals surface area (Å²) < 4.78 is 2.43. The molecule has 0 amide bonds. The Morgan fingerprint density at radius 1 is 1.16 bits per heavy atom. The minimum atomic E-state index is 0.325. The molecular formula is C15H26N4. The Hall–Kier alpha value is -0.900. The van der Waals surface area contributed by atoms with E-state index in [4.69, 9.17) is 5.73 Å². The summed E-state index contributed by atoms with van der Waals surface area (Å²) in [5.74, 6) is 2.28. The molecule has 2 fully saturated rings. The molecule has 1 aromatic rings. The van der Waals surface area contributed by atoms with Crippen molar-refractivity contribution >= 4 is 0 Å². The second-order valence-electron chi connectivity index (χ2n) is 6.56. The first-order chi connectivity index (χ1) is 9.24. The predicted octanol–water partition coefficient (Wildman–Crippen LogP) is 2.76. The molecule has 0 spiro atoms. The van der Waals surface area contributed by atoms with Gasteiger partial charge in [0.05, 0.1) is 0 Å². The lowest BCUT2D eigenvalue weighted by Gasteiger charge is -2.41. The van der Waals surface area contributed by atoms with Gasteiger partial charge in [0, 0.05) is 12.5 Å². The van der Waals surface area contributed by atoms with Crippen LogP contribution in [0.15, 0.2) is 0 Å². The number of nitrogens with zero attached hydrogens (tertiary/aromatic N) is 3. The van der Waals surface area contributed by atoms with Gasteiger partial charge in [-0.15, -0.1) is 10.2 Å². The third-order valence-electron chi connectivity index (χ3n) is 5.26. The smallest absolute Gasteiger partial charge is 0.133 e. The van der Waals surface area contributed by atoms with Crippen LogP contribution in [0.1, 0.15) is 69.1 Å². The lowest BCUT2D eigenvalue weighted by atomic mass is 9.66. The van der Waals surface area contributed by atoms with Gasteiger partial charge < -0.3 is 10.3 Å². The average Bonchev–Trinajstić information content (AvgIpc) is 2.76. The van der Waals surface area contributed by atoms with Gasteiger partial charge in [0.2, 0.25) is 0 Å². The first kappa shape index (κ1) is 13.1. The maximum atomic E-state index is 5.99. The third kappa shape index (κ3) is 2.42. The fraction of sp³-hybridized carbons (Fsp3) is 0.867. The van der Waals surface area contributed by atoms with Crippen LogP contribution >= 0.6 is 0 Å². The highest BCUT2D eigenvalue weighted by atomic mass is 15.3. The number of hydrogen-bond acceptors (Lipinski definition) is 3. The van der Waals surface area contributed by atoms with Crippen LogP contribution in [0.2, 0.25) is 0 Å². The molecule has 2 aliphatic rings. The number of rotatable bonds is 4. The molecule has 4 heteroatoms. The van der Waals surface area contributed by atoms with Crippen molar-refractivity contribution in [3.8, 4) is 0 Å². The van der Waals surface area contributed by atoms with Crippen LogP contribution < -0.4 is 5.73 Å². The van der Waals surface area contributed by atoms with Crippen LogP contribution in [-0.4, -0.2) is 21.3 Å². The van der Waals surface area contributed by atoms with Gasteiger partial charge >= 0.3 is 0 Å². The first-order valence-corrected chi connectivity index (χ1v) is 7.85. The molecule has 0 saturated heterocycles. The SMILES string of the molecule is Cc1nnc(CC2(CN)CCC2)n1C1CCCCC1. The van der Waals surface area contributed by atoms with E-state index in [0.717, 1.165) is 18.8 Å². The van der Waals surface area contributed by atoms with Crippen molar-refractivity contribution in [3.63, 3.8) is 0 Å². The predicted molar refractivity (Wildman–Crippen MR) is 75.9 cm³/mol. The summed E-state index contributed by atoms with van der Waals surface area (Å²) in [5.41, 5.74) is 6.32. The molecule has 0 unspecified atom stereocenters. The molecule has 2 saturated carbocycles. The molecular weight excluding hydrogens is 236 g/mol. The summed E-state index contributed by atoms with van der Waals surface area (Å²) in [7, 11) is 0. The number of aromatic nitrogens is 3. The summed E-state index contributed by atoms with van der Waals surface area (Å²) in [5, 5.41) is 8.80. The van der Waals surface area contributed by atoms with Crippen LogP contribution in [-0.2, 0) is 6.42 Å². The van der Waals surface area contributed by atoms with Crippen LogP contribution in [0, 0.1) is 12.3 Å². The van der Waals surface area contributed by atoms with E-state index in [0.29, 0.717) is 11.5 Å². The minimum absolute atomic E-state index is 0.325. The van der Waals surface area contributed by atoms with E-state index in [1.807, 2.05) is 0 Å². The van der Waals surface area contributed by atoms with E-state index in [1.165, 1.54) is 57.2 Å². The Labute approximate surface area is 115 Å². The Balaban J connectivity index is 1.81. The Kier molecular flexibility index (Phi) is 3.61. The highest BCUT2D eigenvalue weighted by Crippen LogP contribution is 2.43. The number of aryl methyl sites for hydroxylation is 1. The fourth-order valence-electron chi connectivity index (χ4n) is 3.81. The van der Waals surface area contributed by atoms with Crippen molar-refractivity contribution in [3.05, 3.63) is 11.6 Å². The van der Waals surface area contributed by atoms with Gasteiger partial charge in [-0.25, -0.2) is 0 Å². The lowest BCUT2D eigenvalue weighted by molar-refractivity contribution is 0.138. The highest BCUT2D eigenvalue weighted by Gasteiger charge is 2.37. The molecule has 2 aliphatic carbocycles.